The molecule has 1 aliphatic heterocycles. The second-order valence-electron chi connectivity index (χ2n) is 10.7. The number of hydrogen-bond donors (Lipinski definition) is 2. The van der Waals surface area contributed by atoms with Gasteiger partial charge in [0, 0.05) is 11.5 Å². The van der Waals surface area contributed by atoms with Crippen LogP contribution in [0, 0.1) is 34.5 Å². The first-order valence-corrected chi connectivity index (χ1v) is 11.1. The molecule has 27 heavy (non-hydrogen) atoms. The van der Waals surface area contributed by atoms with Gasteiger partial charge in [0.1, 0.15) is 6.61 Å². The normalized spacial score (nSPS) is 54.6. The summed E-state index contributed by atoms with van der Waals surface area (Å²) < 4.78 is 5.20. The van der Waals surface area contributed by atoms with Gasteiger partial charge in [-0.1, -0.05) is 13.8 Å². The number of rotatable bonds is 1. The van der Waals surface area contributed by atoms with Crippen LogP contribution in [0.3, 0.4) is 0 Å². The molecule has 5 aliphatic rings. The molecule has 4 heteroatoms. The van der Waals surface area contributed by atoms with Crippen molar-refractivity contribution in [2.75, 3.05) is 6.61 Å². The Balaban J connectivity index is 1.47. The minimum atomic E-state index is -0.628. The van der Waals surface area contributed by atoms with E-state index in [4.69, 9.17) is 4.74 Å². The lowest BCUT2D eigenvalue weighted by Crippen LogP contribution is -2.62. The molecule has 0 radical (unpaired) electrons. The third kappa shape index (κ3) is 2.32. The molecular weight excluding hydrogens is 340 g/mol. The molecule has 2 N–H and O–H groups in total. The van der Waals surface area contributed by atoms with Crippen molar-refractivity contribution in [2.24, 2.45) is 34.5 Å². The van der Waals surface area contributed by atoms with Gasteiger partial charge in [-0.15, -0.1) is 0 Å². The van der Waals surface area contributed by atoms with Crippen LogP contribution in [0.1, 0.15) is 71.6 Å². The van der Waals surface area contributed by atoms with Crippen molar-refractivity contribution in [3.8, 4) is 0 Å². The van der Waals surface area contributed by atoms with Gasteiger partial charge in [0.2, 0.25) is 0 Å². The third-order valence-corrected chi connectivity index (χ3v) is 9.96. The number of aliphatic hydroxyl groups is 2. The second-order valence-corrected chi connectivity index (χ2v) is 10.7. The van der Waals surface area contributed by atoms with Gasteiger partial charge in [-0.3, -0.25) is 0 Å². The summed E-state index contributed by atoms with van der Waals surface area (Å²) in [7, 11) is 0. The number of aliphatic hydroxyl groups excluding tert-OH is 1. The van der Waals surface area contributed by atoms with Crippen molar-refractivity contribution in [1.29, 1.82) is 0 Å². The Bertz CT molecular complexity index is 686. The fourth-order valence-electron chi connectivity index (χ4n) is 8.39. The highest BCUT2D eigenvalue weighted by Crippen LogP contribution is 2.69. The molecule has 1 unspecified atom stereocenters. The molecule has 5 rings (SSSR count). The molecule has 0 bridgehead atoms. The highest BCUT2D eigenvalue weighted by atomic mass is 16.5. The summed E-state index contributed by atoms with van der Waals surface area (Å²) in [6.45, 7) is 5.15. The molecular formula is C23H34O4. The van der Waals surface area contributed by atoms with Gasteiger partial charge < -0.3 is 14.9 Å². The number of carbonyl (C=O) groups excluding carboxylic acids is 1. The van der Waals surface area contributed by atoms with Crippen molar-refractivity contribution in [3.05, 3.63) is 11.6 Å². The molecule has 1 heterocycles. The molecule has 0 saturated heterocycles. The Hall–Kier alpha value is -0.870. The maximum atomic E-state index is 12.1. The quantitative estimate of drug-likeness (QED) is 0.688. The number of cyclic esters (lactones) is 1. The third-order valence-electron chi connectivity index (χ3n) is 9.96. The highest BCUT2D eigenvalue weighted by molar-refractivity contribution is 5.85. The van der Waals surface area contributed by atoms with Crippen LogP contribution < -0.4 is 0 Å². The summed E-state index contributed by atoms with van der Waals surface area (Å²) in [5.41, 5.74) is 0.600. The lowest BCUT2D eigenvalue weighted by molar-refractivity contribution is -0.208. The molecule has 0 aromatic heterocycles. The minimum absolute atomic E-state index is 0.126. The first kappa shape index (κ1) is 18.2. The van der Waals surface area contributed by atoms with Crippen LogP contribution in [0.5, 0.6) is 0 Å². The summed E-state index contributed by atoms with van der Waals surface area (Å²) in [5, 5.41) is 22.3. The molecule has 0 aromatic rings. The second kappa shape index (κ2) is 5.82. The Labute approximate surface area is 162 Å². The van der Waals surface area contributed by atoms with Gasteiger partial charge in [-0.2, -0.15) is 0 Å². The van der Waals surface area contributed by atoms with Crippen molar-refractivity contribution in [1.82, 2.24) is 0 Å². The predicted molar refractivity (Wildman–Crippen MR) is 102 cm³/mol. The van der Waals surface area contributed by atoms with Crippen LogP contribution in [0.2, 0.25) is 0 Å². The van der Waals surface area contributed by atoms with E-state index in [1.165, 1.54) is 6.42 Å². The SMILES string of the molecule is C[C@]12CCC(O)C[C@@H]1CC[C@@H]1[C@@H]2CC[C@]2(C)[C@@H](C3=CC(=O)OC3)CC[C@]12O. The van der Waals surface area contributed by atoms with Crippen LogP contribution in [-0.4, -0.2) is 34.5 Å². The van der Waals surface area contributed by atoms with Gasteiger partial charge >= 0.3 is 5.97 Å². The standard InChI is InChI=1S/C23H34O4/c1-21-8-5-16(24)12-15(21)3-4-19-18(21)6-9-22(2)17(7-10-23(19,22)26)14-11-20(25)27-13-14/h11,15-19,24,26H,3-10,12-13H2,1-2H3/t15-,16?,17+,18-,19+,21-,22+,23-/m0/s1. The van der Waals surface area contributed by atoms with Crippen molar-refractivity contribution in [2.45, 2.75) is 83.3 Å². The Morgan fingerprint density at radius 2 is 1.85 bits per heavy atom. The van der Waals surface area contributed by atoms with Gasteiger partial charge in [0.25, 0.3) is 0 Å². The smallest absolute Gasteiger partial charge is 0.331 e. The molecule has 0 spiro atoms. The van der Waals surface area contributed by atoms with E-state index in [0.29, 0.717) is 24.4 Å². The number of carbonyl (C=O) groups is 1. The maximum Gasteiger partial charge on any atom is 0.331 e. The fourth-order valence-corrected chi connectivity index (χ4v) is 8.39. The average molecular weight is 375 g/mol. The molecule has 8 atom stereocenters. The molecule has 4 aliphatic carbocycles. The van der Waals surface area contributed by atoms with Crippen LogP contribution in [-0.2, 0) is 9.53 Å². The lowest BCUT2D eigenvalue weighted by atomic mass is 9.43. The van der Waals surface area contributed by atoms with Crippen LogP contribution >= 0.6 is 0 Å². The average Bonchev–Trinajstić information content (AvgIpc) is 3.16. The van der Waals surface area contributed by atoms with Crippen LogP contribution in [0.25, 0.3) is 0 Å². The van der Waals surface area contributed by atoms with Crippen molar-refractivity contribution >= 4 is 5.97 Å². The molecule has 150 valence electrons. The molecule has 4 fully saturated rings. The first-order chi connectivity index (χ1) is 12.8. The van der Waals surface area contributed by atoms with E-state index < -0.39 is 5.60 Å². The maximum absolute atomic E-state index is 12.1. The van der Waals surface area contributed by atoms with Crippen molar-refractivity contribution < 1.29 is 19.7 Å². The zero-order valence-electron chi connectivity index (χ0n) is 16.7. The summed E-state index contributed by atoms with van der Waals surface area (Å²) >= 11 is 0. The largest absolute Gasteiger partial charge is 0.458 e. The first-order valence-electron chi connectivity index (χ1n) is 11.1. The summed E-state index contributed by atoms with van der Waals surface area (Å²) in [5.74, 6) is 1.59. The Kier molecular flexibility index (Phi) is 3.92. The monoisotopic (exact) mass is 374 g/mol. The number of hydrogen-bond acceptors (Lipinski definition) is 4. The van der Waals surface area contributed by atoms with E-state index in [-0.39, 0.29) is 28.8 Å². The van der Waals surface area contributed by atoms with E-state index in [1.807, 2.05) is 0 Å². The number of ether oxygens (including phenoxy) is 1. The van der Waals surface area contributed by atoms with Gasteiger partial charge in [-0.25, -0.2) is 4.79 Å². The van der Waals surface area contributed by atoms with E-state index in [0.717, 1.165) is 56.9 Å². The van der Waals surface area contributed by atoms with E-state index >= 15 is 0 Å². The minimum Gasteiger partial charge on any atom is -0.458 e. The van der Waals surface area contributed by atoms with E-state index in [1.54, 1.807) is 6.08 Å². The van der Waals surface area contributed by atoms with Gasteiger partial charge in [0.15, 0.2) is 0 Å². The number of esters is 1. The number of fused-ring (bicyclic) bond motifs is 5. The van der Waals surface area contributed by atoms with Crippen molar-refractivity contribution in [3.63, 3.8) is 0 Å². The Morgan fingerprint density at radius 3 is 2.59 bits per heavy atom. The zero-order valence-corrected chi connectivity index (χ0v) is 16.7. The highest BCUT2D eigenvalue weighted by Gasteiger charge is 2.67. The summed E-state index contributed by atoms with van der Waals surface area (Å²) in [6.07, 6.45) is 10.8. The predicted octanol–water partition coefficient (Wildman–Crippen LogP) is 3.60. The lowest BCUT2D eigenvalue weighted by Gasteiger charge is -2.63. The van der Waals surface area contributed by atoms with E-state index in [9.17, 15) is 15.0 Å². The molecule has 4 saturated carbocycles. The van der Waals surface area contributed by atoms with Crippen LogP contribution in [0.4, 0.5) is 0 Å². The van der Waals surface area contributed by atoms with E-state index in [2.05, 4.69) is 13.8 Å². The zero-order chi connectivity index (χ0) is 19.0. The molecule has 0 aromatic carbocycles. The fraction of sp³-hybridized carbons (Fsp3) is 0.870. The summed E-state index contributed by atoms with van der Waals surface area (Å²) in [6, 6.07) is 0. The van der Waals surface area contributed by atoms with Crippen LogP contribution in [0.15, 0.2) is 11.6 Å². The Morgan fingerprint density at radius 1 is 1.04 bits per heavy atom. The molecule has 0 amide bonds. The summed E-state index contributed by atoms with van der Waals surface area (Å²) in [4.78, 5) is 11.6. The van der Waals surface area contributed by atoms with Gasteiger partial charge in [-0.05, 0) is 92.4 Å². The topological polar surface area (TPSA) is 66.8 Å². The van der Waals surface area contributed by atoms with Gasteiger partial charge in [0.05, 0.1) is 11.7 Å². The molecule has 4 nitrogen and oxygen atoms in total.